The third-order valence-corrected chi connectivity index (χ3v) is 3.07. The van der Waals surface area contributed by atoms with Gasteiger partial charge in [-0.2, -0.15) is 10.2 Å². The predicted octanol–water partition coefficient (Wildman–Crippen LogP) is 2.19. The predicted molar refractivity (Wildman–Crippen MR) is 75.3 cm³/mol. The highest BCUT2D eigenvalue weighted by molar-refractivity contribution is 5.65. The monoisotopic (exact) mass is 269 g/mol. The lowest BCUT2D eigenvalue weighted by molar-refractivity contribution is 0.415. The highest BCUT2D eigenvalue weighted by Crippen LogP contribution is 2.24. The molecule has 0 unspecified atom stereocenters. The van der Waals surface area contributed by atoms with E-state index in [2.05, 4.69) is 20.3 Å². The zero-order chi connectivity index (χ0) is 14.1. The van der Waals surface area contributed by atoms with E-state index in [0.717, 1.165) is 34.3 Å². The summed E-state index contributed by atoms with van der Waals surface area (Å²) in [6, 6.07) is 9.74. The molecular weight excluding hydrogens is 254 g/mol. The molecule has 0 fully saturated rings. The highest BCUT2D eigenvalue weighted by Gasteiger charge is 2.11. The van der Waals surface area contributed by atoms with Crippen molar-refractivity contribution in [2.45, 2.75) is 6.92 Å². The average molecular weight is 269 g/mol. The van der Waals surface area contributed by atoms with Gasteiger partial charge in [-0.3, -0.25) is 5.10 Å². The zero-order valence-corrected chi connectivity index (χ0v) is 11.6. The number of methoxy groups -OCH3 is 1. The summed E-state index contributed by atoms with van der Waals surface area (Å²) in [6.07, 6.45) is 0. The van der Waals surface area contributed by atoms with Crippen LogP contribution in [0, 0.1) is 6.92 Å². The van der Waals surface area contributed by atoms with Crippen molar-refractivity contribution >= 4 is 0 Å². The molecule has 0 aliphatic heterocycles. The first-order chi connectivity index (χ1) is 9.67. The van der Waals surface area contributed by atoms with Gasteiger partial charge in [0.25, 0.3) is 0 Å². The minimum Gasteiger partial charge on any atom is -0.497 e. The van der Waals surface area contributed by atoms with Crippen LogP contribution in [0.5, 0.6) is 5.75 Å². The average Bonchev–Trinajstić information content (AvgIpc) is 3.05. The Balaban J connectivity index is 1.95. The van der Waals surface area contributed by atoms with Crippen LogP contribution < -0.4 is 4.74 Å². The van der Waals surface area contributed by atoms with Crippen LogP contribution >= 0.6 is 0 Å². The van der Waals surface area contributed by atoms with Crippen LogP contribution in [0.4, 0.5) is 0 Å². The molecule has 1 N–H and O–H groups in total. The number of hydrogen-bond acceptors (Lipinski definition) is 4. The minimum absolute atomic E-state index is 0.739. The molecule has 0 aliphatic rings. The van der Waals surface area contributed by atoms with Gasteiger partial charge in [0, 0.05) is 12.6 Å². The molecule has 2 heterocycles. The summed E-state index contributed by atoms with van der Waals surface area (Å²) in [7, 11) is 3.52. The van der Waals surface area contributed by atoms with Crippen molar-refractivity contribution < 1.29 is 4.74 Å². The summed E-state index contributed by atoms with van der Waals surface area (Å²) >= 11 is 0. The second-order valence-corrected chi connectivity index (χ2v) is 4.50. The Morgan fingerprint density at radius 3 is 2.55 bits per heavy atom. The molecule has 0 amide bonds. The van der Waals surface area contributed by atoms with Crippen LogP contribution in [0.3, 0.4) is 0 Å². The summed E-state index contributed by atoms with van der Waals surface area (Å²) in [5, 5.41) is 11.6. The van der Waals surface area contributed by atoms with Gasteiger partial charge in [-0.15, -0.1) is 0 Å². The molecule has 6 heteroatoms. The van der Waals surface area contributed by atoms with Crippen molar-refractivity contribution in [1.29, 1.82) is 0 Å². The highest BCUT2D eigenvalue weighted by atomic mass is 16.5. The molecule has 6 nitrogen and oxygen atoms in total. The molecule has 0 atom stereocenters. The van der Waals surface area contributed by atoms with Crippen LogP contribution in [-0.2, 0) is 7.05 Å². The molecule has 0 radical (unpaired) electrons. The largest absolute Gasteiger partial charge is 0.497 e. The molecule has 0 saturated carbocycles. The Hall–Kier alpha value is -2.63. The molecule has 0 bridgehead atoms. The van der Waals surface area contributed by atoms with Gasteiger partial charge in [-0.05, 0) is 37.3 Å². The lowest BCUT2D eigenvalue weighted by Gasteiger charge is -2.00. The van der Waals surface area contributed by atoms with E-state index < -0.39 is 0 Å². The number of benzene rings is 1. The van der Waals surface area contributed by atoms with Crippen LogP contribution in [-0.4, -0.2) is 32.1 Å². The summed E-state index contributed by atoms with van der Waals surface area (Å²) in [6.45, 7) is 1.87. The second-order valence-electron chi connectivity index (χ2n) is 4.50. The molecule has 1 aromatic carbocycles. The van der Waals surface area contributed by atoms with Gasteiger partial charge in [0.05, 0.1) is 12.8 Å². The quantitative estimate of drug-likeness (QED) is 0.791. The van der Waals surface area contributed by atoms with Crippen molar-refractivity contribution in [2.24, 2.45) is 7.05 Å². The molecular formula is C14H15N5O. The first-order valence-electron chi connectivity index (χ1n) is 6.25. The van der Waals surface area contributed by atoms with E-state index in [1.807, 2.05) is 44.3 Å². The topological polar surface area (TPSA) is 68.6 Å². The SMILES string of the molecule is COc1ccc(-c2cc(-c3nc(C)nn3C)[nH]n2)cc1. The van der Waals surface area contributed by atoms with Crippen LogP contribution in [0.2, 0.25) is 0 Å². The van der Waals surface area contributed by atoms with Gasteiger partial charge in [0.1, 0.15) is 17.3 Å². The van der Waals surface area contributed by atoms with Crippen LogP contribution in [0.15, 0.2) is 30.3 Å². The maximum atomic E-state index is 5.15. The molecule has 3 aromatic rings. The van der Waals surface area contributed by atoms with Crippen LogP contribution in [0.25, 0.3) is 22.8 Å². The summed E-state index contributed by atoms with van der Waals surface area (Å²) in [5.74, 6) is 2.34. The first kappa shape index (κ1) is 12.4. The van der Waals surface area contributed by atoms with Crippen molar-refractivity contribution in [1.82, 2.24) is 25.0 Å². The maximum Gasteiger partial charge on any atom is 0.176 e. The lowest BCUT2D eigenvalue weighted by Crippen LogP contribution is -1.94. The lowest BCUT2D eigenvalue weighted by atomic mass is 10.1. The van der Waals surface area contributed by atoms with E-state index in [4.69, 9.17) is 4.74 Å². The fourth-order valence-electron chi connectivity index (χ4n) is 2.09. The number of aromatic amines is 1. The Kier molecular flexibility index (Phi) is 2.98. The molecule has 20 heavy (non-hydrogen) atoms. The van der Waals surface area contributed by atoms with Crippen LogP contribution in [0.1, 0.15) is 5.82 Å². The van der Waals surface area contributed by atoms with Gasteiger partial charge in [-0.25, -0.2) is 9.67 Å². The third kappa shape index (κ3) is 2.16. The van der Waals surface area contributed by atoms with E-state index >= 15 is 0 Å². The number of rotatable bonds is 3. The molecule has 0 spiro atoms. The Bertz CT molecular complexity index is 726. The van der Waals surface area contributed by atoms with Crippen molar-refractivity contribution in [2.75, 3.05) is 7.11 Å². The molecule has 3 rings (SSSR count). The Labute approximate surface area is 116 Å². The molecule has 2 aromatic heterocycles. The summed E-state index contributed by atoms with van der Waals surface area (Å²) in [5.41, 5.74) is 2.73. The fraction of sp³-hybridized carbons (Fsp3) is 0.214. The van der Waals surface area contributed by atoms with E-state index in [1.54, 1.807) is 11.8 Å². The second kappa shape index (κ2) is 4.80. The van der Waals surface area contributed by atoms with Gasteiger partial charge in [0.2, 0.25) is 0 Å². The number of aromatic nitrogens is 5. The van der Waals surface area contributed by atoms with E-state index in [1.165, 1.54) is 0 Å². The number of nitrogens with one attached hydrogen (secondary N) is 1. The zero-order valence-electron chi connectivity index (χ0n) is 11.6. The van der Waals surface area contributed by atoms with E-state index in [9.17, 15) is 0 Å². The Morgan fingerprint density at radius 2 is 1.95 bits per heavy atom. The molecule has 0 saturated heterocycles. The number of H-pyrrole nitrogens is 1. The van der Waals surface area contributed by atoms with E-state index in [-0.39, 0.29) is 0 Å². The number of hydrogen-bond donors (Lipinski definition) is 1. The van der Waals surface area contributed by atoms with Crippen molar-refractivity contribution in [3.05, 3.63) is 36.2 Å². The van der Waals surface area contributed by atoms with Gasteiger partial charge in [-0.1, -0.05) is 0 Å². The fourth-order valence-corrected chi connectivity index (χ4v) is 2.09. The standard InChI is InChI=1S/C14H15N5O/c1-9-15-14(19(2)18-9)13-8-12(16-17-13)10-4-6-11(20-3)7-5-10/h4-8H,1-3H3,(H,16,17). The number of aryl methyl sites for hydroxylation is 2. The van der Waals surface area contributed by atoms with E-state index in [0.29, 0.717) is 0 Å². The first-order valence-corrected chi connectivity index (χ1v) is 6.25. The summed E-state index contributed by atoms with van der Waals surface area (Å²) < 4.78 is 6.88. The van der Waals surface area contributed by atoms with Gasteiger partial charge in [0.15, 0.2) is 5.82 Å². The maximum absolute atomic E-state index is 5.15. The molecule has 102 valence electrons. The summed E-state index contributed by atoms with van der Waals surface area (Å²) in [4.78, 5) is 4.38. The van der Waals surface area contributed by atoms with Crippen molar-refractivity contribution in [3.63, 3.8) is 0 Å². The smallest absolute Gasteiger partial charge is 0.176 e. The molecule has 0 aliphatic carbocycles. The van der Waals surface area contributed by atoms with Gasteiger partial charge >= 0.3 is 0 Å². The normalized spacial score (nSPS) is 10.8. The van der Waals surface area contributed by atoms with Gasteiger partial charge < -0.3 is 4.74 Å². The minimum atomic E-state index is 0.739. The Morgan fingerprint density at radius 1 is 1.20 bits per heavy atom. The van der Waals surface area contributed by atoms with Crippen molar-refractivity contribution in [3.8, 4) is 28.5 Å². The number of ether oxygens (including phenoxy) is 1. The third-order valence-electron chi connectivity index (χ3n) is 3.07. The number of nitrogens with zero attached hydrogens (tertiary/aromatic N) is 4.